The molecule has 1 N–H and O–H groups in total. The summed E-state index contributed by atoms with van der Waals surface area (Å²) in [4.78, 5) is 8.39. The molecule has 0 saturated heterocycles. The maximum atomic E-state index is 5.01. The van der Waals surface area contributed by atoms with Gasteiger partial charge in [0.2, 0.25) is 5.89 Å². The Hall–Kier alpha value is -1.69. The fourth-order valence-electron chi connectivity index (χ4n) is 1.54. The summed E-state index contributed by atoms with van der Waals surface area (Å²) in [6.45, 7) is 4.40. The second-order valence-corrected chi connectivity index (χ2v) is 3.73. The third kappa shape index (κ3) is 2.27. The van der Waals surface area contributed by atoms with Gasteiger partial charge in [0.05, 0.1) is 12.6 Å². The van der Waals surface area contributed by atoms with Crippen molar-refractivity contribution in [3.63, 3.8) is 0 Å². The molecule has 6 heteroatoms. The number of hydrogen-bond acceptors (Lipinski definition) is 5. The molecule has 2 heterocycles. The van der Waals surface area contributed by atoms with E-state index in [4.69, 9.17) is 4.52 Å². The second-order valence-electron chi connectivity index (χ2n) is 3.73. The molecule has 6 nitrogen and oxygen atoms in total. The van der Waals surface area contributed by atoms with Crippen LogP contribution in [-0.4, -0.2) is 19.7 Å². The van der Waals surface area contributed by atoms with Crippen LogP contribution in [0.3, 0.4) is 0 Å². The zero-order chi connectivity index (χ0) is 11.5. The molecule has 0 aliphatic carbocycles. The number of aromatic nitrogens is 4. The first-order valence-corrected chi connectivity index (χ1v) is 5.16. The molecule has 0 saturated carbocycles. The van der Waals surface area contributed by atoms with Gasteiger partial charge in [0, 0.05) is 19.4 Å². The van der Waals surface area contributed by atoms with Crippen molar-refractivity contribution in [2.24, 2.45) is 7.05 Å². The van der Waals surface area contributed by atoms with Crippen LogP contribution in [-0.2, 0) is 13.6 Å². The average Bonchev–Trinajstić information content (AvgIpc) is 2.84. The molecule has 2 aromatic rings. The standard InChI is InChI=1S/C10H15N5O/c1-7(10-11-4-5-15(10)3)12-6-9-13-8(2)14-16-9/h4-5,7,12H,6H2,1-3H3. The van der Waals surface area contributed by atoms with Gasteiger partial charge in [0.25, 0.3) is 0 Å². The Kier molecular flexibility index (Phi) is 3.00. The van der Waals surface area contributed by atoms with Gasteiger partial charge in [-0.3, -0.25) is 5.32 Å². The number of imidazole rings is 1. The lowest BCUT2D eigenvalue weighted by molar-refractivity contribution is 0.355. The lowest BCUT2D eigenvalue weighted by atomic mass is 10.3. The summed E-state index contributed by atoms with van der Waals surface area (Å²) in [6.07, 6.45) is 3.70. The summed E-state index contributed by atoms with van der Waals surface area (Å²) in [5.41, 5.74) is 0. The Labute approximate surface area is 93.7 Å². The normalized spacial score (nSPS) is 12.9. The minimum Gasteiger partial charge on any atom is -0.338 e. The van der Waals surface area contributed by atoms with Crippen molar-refractivity contribution < 1.29 is 4.52 Å². The summed E-state index contributed by atoms with van der Waals surface area (Å²) in [5, 5.41) is 7.00. The van der Waals surface area contributed by atoms with Crippen LogP contribution in [0.25, 0.3) is 0 Å². The van der Waals surface area contributed by atoms with Crippen molar-refractivity contribution in [2.75, 3.05) is 0 Å². The average molecular weight is 221 g/mol. The molecule has 0 fully saturated rings. The van der Waals surface area contributed by atoms with Crippen molar-refractivity contribution in [3.05, 3.63) is 29.9 Å². The first-order valence-electron chi connectivity index (χ1n) is 5.16. The van der Waals surface area contributed by atoms with E-state index >= 15 is 0 Å². The fraction of sp³-hybridized carbons (Fsp3) is 0.500. The van der Waals surface area contributed by atoms with Crippen LogP contribution in [0.15, 0.2) is 16.9 Å². The Morgan fingerprint density at radius 1 is 1.56 bits per heavy atom. The zero-order valence-corrected chi connectivity index (χ0v) is 9.64. The van der Waals surface area contributed by atoms with Gasteiger partial charge >= 0.3 is 0 Å². The number of rotatable bonds is 4. The highest BCUT2D eigenvalue weighted by atomic mass is 16.5. The summed E-state index contributed by atoms with van der Waals surface area (Å²) in [5.74, 6) is 2.23. The van der Waals surface area contributed by atoms with Crippen LogP contribution in [0.4, 0.5) is 0 Å². The summed E-state index contributed by atoms with van der Waals surface area (Å²) >= 11 is 0. The Morgan fingerprint density at radius 2 is 2.38 bits per heavy atom. The number of aryl methyl sites for hydroxylation is 2. The minimum absolute atomic E-state index is 0.146. The molecule has 0 amide bonds. The molecule has 0 spiro atoms. The maximum Gasteiger partial charge on any atom is 0.240 e. The highest BCUT2D eigenvalue weighted by Gasteiger charge is 2.11. The lowest BCUT2D eigenvalue weighted by Gasteiger charge is -2.11. The van der Waals surface area contributed by atoms with Crippen LogP contribution < -0.4 is 5.32 Å². The molecule has 1 atom stereocenters. The van der Waals surface area contributed by atoms with Crippen molar-refractivity contribution in [2.45, 2.75) is 26.4 Å². The fourth-order valence-corrected chi connectivity index (χ4v) is 1.54. The molecule has 0 aliphatic heterocycles. The van der Waals surface area contributed by atoms with Crippen molar-refractivity contribution in [3.8, 4) is 0 Å². The maximum absolute atomic E-state index is 5.01. The molecule has 0 bridgehead atoms. The SMILES string of the molecule is Cc1noc(CNC(C)c2nccn2C)n1. The third-order valence-electron chi connectivity index (χ3n) is 2.37. The van der Waals surface area contributed by atoms with Crippen LogP contribution in [0.5, 0.6) is 0 Å². The van der Waals surface area contributed by atoms with Crippen LogP contribution in [0.2, 0.25) is 0 Å². The van der Waals surface area contributed by atoms with E-state index in [1.807, 2.05) is 24.7 Å². The monoisotopic (exact) mass is 221 g/mol. The Bertz CT molecular complexity index is 461. The predicted octanol–water partition coefficient (Wildman–Crippen LogP) is 0.962. The van der Waals surface area contributed by atoms with Gasteiger partial charge in [-0.05, 0) is 13.8 Å². The largest absolute Gasteiger partial charge is 0.338 e. The van der Waals surface area contributed by atoms with Gasteiger partial charge in [-0.25, -0.2) is 4.98 Å². The first kappa shape index (κ1) is 10.8. The van der Waals surface area contributed by atoms with Gasteiger partial charge < -0.3 is 9.09 Å². The molecular formula is C10H15N5O. The highest BCUT2D eigenvalue weighted by Crippen LogP contribution is 2.09. The third-order valence-corrected chi connectivity index (χ3v) is 2.37. The van der Waals surface area contributed by atoms with Crippen molar-refractivity contribution in [1.29, 1.82) is 0 Å². The summed E-state index contributed by atoms with van der Waals surface area (Å²) in [6, 6.07) is 0.146. The van der Waals surface area contributed by atoms with Crippen LogP contribution in [0, 0.1) is 6.92 Å². The van der Waals surface area contributed by atoms with Crippen molar-refractivity contribution in [1.82, 2.24) is 25.0 Å². The molecule has 16 heavy (non-hydrogen) atoms. The van der Waals surface area contributed by atoms with Crippen LogP contribution >= 0.6 is 0 Å². The Morgan fingerprint density at radius 3 is 2.94 bits per heavy atom. The van der Waals surface area contributed by atoms with Gasteiger partial charge in [-0.15, -0.1) is 0 Å². The van der Waals surface area contributed by atoms with E-state index in [0.29, 0.717) is 18.3 Å². The lowest BCUT2D eigenvalue weighted by Crippen LogP contribution is -2.21. The van der Waals surface area contributed by atoms with E-state index in [2.05, 4.69) is 20.4 Å². The topological polar surface area (TPSA) is 68.8 Å². The minimum atomic E-state index is 0.146. The molecule has 2 aromatic heterocycles. The van der Waals surface area contributed by atoms with Gasteiger partial charge in [-0.2, -0.15) is 4.98 Å². The smallest absolute Gasteiger partial charge is 0.240 e. The van der Waals surface area contributed by atoms with E-state index < -0.39 is 0 Å². The van der Waals surface area contributed by atoms with E-state index in [0.717, 1.165) is 5.82 Å². The molecule has 1 unspecified atom stereocenters. The highest BCUT2D eigenvalue weighted by molar-refractivity contribution is 4.97. The van der Waals surface area contributed by atoms with Gasteiger partial charge in [0.15, 0.2) is 5.82 Å². The van der Waals surface area contributed by atoms with Crippen molar-refractivity contribution >= 4 is 0 Å². The number of nitrogens with one attached hydrogen (secondary N) is 1. The molecular weight excluding hydrogens is 206 g/mol. The molecule has 0 aromatic carbocycles. The number of nitrogens with zero attached hydrogens (tertiary/aromatic N) is 4. The predicted molar refractivity (Wildman–Crippen MR) is 57.5 cm³/mol. The van der Waals surface area contributed by atoms with Gasteiger partial charge in [-0.1, -0.05) is 5.16 Å². The van der Waals surface area contributed by atoms with Gasteiger partial charge in [0.1, 0.15) is 5.82 Å². The Balaban J connectivity index is 1.93. The van der Waals surface area contributed by atoms with E-state index in [-0.39, 0.29) is 6.04 Å². The zero-order valence-electron chi connectivity index (χ0n) is 9.64. The molecule has 0 radical (unpaired) electrons. The van der Waals surface area contributed by atoms with Crippen LogP contribution in [0.1, 0.15) is 30.5 Å². The quantitative estimate of drug-likeness (QED) is 0.832. The first-order chi connectivity index (χ1) is 7.66. The summed E-state index contributed by atoms with van der Waals surface area (Å²) in [7, 11) is 1.97. The molecule has 86 valence electrons. The van der Waals surface area contributed by atoms with E-state index in [1.54, 1.807) is 13.1 Å². The second kappa shape index (κ2) is 4.44. The summed E-state index contributed by atoms with van der Waals surface area (Å²) < 4.78 is 6.99. The van der Waals surface area contributed by atoms with E-state index in [1.165, 1.54) is 0 Å². The number of hydrogen-bond donors (Lipinski definition) is 1. The molecule has 2 rings (SSSR count). The van der Waals surface area contributed by atoms with E-state index in [9.17, 15) is 0 Å². The molecule has 0 aliphatic rings.